The fourth-order valence-corrected chi connectivity index (χ4v) is 2.00. The van der Waals surface area contributed by atoms with Crippen LogP contribution in [0.15, 0.2) is 42.6 Å². The highest BCUT2D eigenvalue weighted by atomic mass is 19.4. The SMILES string of the molecule is Cc1cc(C(N)Cc2ccc(C(F)(F)F)cc2)ccn1. The monoisotopic (exact) mass is 280 g/mol. The Morgan fingerprint density at radius 2 is 1.80 bits per heavy atom. The lowest BCUT2D eigenvalue weighted by Gasteiger charge is -2.13. The second-order valence-corrected chi connectivity index (χ2v) is 4.74. The Kier molecular flexibility index (Phi) is 4.09. The van der Waals surface area contributed by atoms with Crippen LogP contribution in [-0.4, -0.2) is 4.98 Å². The van der Waals surface area contributed by atoms with Crippen LogP contribution >= 0.6 is 0 Å². The molecule has 2 nitrogen and oxygen atoms in total. The van der Waals surface area contributed by atoms with Crippen molar-refractivity contribution in [1.29, 1.82) is 0 Å². The van der Waals surface area contributed by atoms with Crippen molar-refractivity contribution in [3.63, 3.8) is 0 Å². The maximum absolute atomic E-state index is 12.5. The fourth-order valence-electron chi connectivity index (χ4n) is 2.00. The molecule has 1 atom stereocenters. The van der Waals surface area contributed by atoms with Crippen LogP contribution in [-0.2, 0) is 12.6 Å². The molecular weight excluding hydrogens is 265 g/mol. The van der Waals surface area contributed by atoms with Crippen LogP contribution in [0.5, 0.6) is 0 Å². The number of rotatable bonds is 3. The van der Waals surface area contributed by atoms with Gasteiger partial charge in [0.15, 0.2) is 0 Å². The number of benzene rings is 1. The van der Waals surface area contributed by atoms with E-state index >= 15 is 0 Å². The largest absolute Gasteiger partial charge is 0.416 e. The van der Waals surface area contributed by atoms with Crippen LogP contribution < -0.4 is 5.73 Å². The Labute approximate surface area is 115 Å². The van der Waals surface area contributed by atoms with E-state index in [1.807, 2.05) is 19.1 Å². The number of halogens is 3. The zero-order chi connectivity index (χ0) is 14.8. The molecular formula is C15H15F3N2. The number of nitrogens with zero attached hydrogens (tertiary/aromatic N) is 1. The van der Waals surface area contributed by atoms with Gasteiger partial charge in [0.1, 0.15) is 0 Å². The summed E-state index contributed by atoms with van der Waals surface area (Å²) >= 11 is 0. The molecule has 2 rings (SSSR count). The van der Waals surface area contributed by atoms with E-state index in [0.717, 1.165) is 29.0 Å². The van der Waals surface area contributed by atoms with Gasteiger partial charge in [0.25, 0.3) is 0 Å². The van der Waals surface area contributed by atoms with Crippen molar-refractivity contribution in [3.05, 3.63) is 65.0 Å². The molecule has 0 radical (unpaired) electrons. The molecule has 0 saturated heterocycles. The van der Waals surface area contributed by atoms with E-state index in [0.29, 0.717) is 6.42 Å². The van der Waals surface area contributed by atoms with E-state index in [1.54, 1.807) is 6.20 Å². The smallest absolute Gasteiger partial charge is 0.324 e. The molecule has 0 aliphatic rings. The molecule has 1 unspecified atom stereocenters. The van der Waals surface area contributed by atoms with E-state index in [4.69, 9.17) is 5.73 Å². The van der Waals surface area contributed by atoms with Crippen molar-refractivity contribution in [1.82, 2.24) is 4.98 Å². The summed E-state index contributed by atoms with van der Waals surface area (Å²) in [4.78, 5) is 4.09. The number of aryl methyl sites for hydroxylation is 1. The third kappa shape index (κ3) is 3.57. The number of hydrogen-bond donors (Lipinski definition) is 1. The summed E-state index contributed by atoms with van der Waals surface area (Å²) in [5.41, 5.74) is 8.00. The number of pyridine rings is 1. The van der Waals surface area contributed by atoms with Crippen molar-refractivity contribution in [2.75, 3.05) is 0 Å². The first-order valence-electron chi connectivity index (χ1n) is 6.20. The van der Waals surface area contributed by atoms with Crippen LogP contribution in [0.3, 0.4) is 0 Å². The molecule has 2 aromatic rings. The molecule has 0 spiro atoms. The minimum atomic E-state index is -4.30. The third-order valence-corrected chi connectivity index (χ3v) is 3.09. The molecule has 0 aliphatic carbocycles. The first-order chi connectivity index (χ1) is 9.36. The molecule has 1 aromatic heterocycles. The van der Waals surface area contributed by atoms with Gasteiger partial charge < -0.3 is 5.73 Å². The average molecular weight is 280 g/mol. The van der Waals surface area contributed by atoms with Crippen LogP contribution in [0, 0.1) is 6.92 Å². The quantitative estimate of drug-likeness (QED) is 0.932. The molecule has 2 N–H and O–H groups in total. The maximum atomic E-state index is 12.5. The Morgan fingerprint density at radius 3 is 2.35 bits per heavy atom. The zero-order valence-corrected chi connectivity index (χ0v) is 11.0. The van der Waals surface area contributed by atoms with Crippen molar-refractivity contribution in [2.45, 2.75) is 25.6 Å². The molecule has 1 aromatic carbocycles. The first kappa shape index (κ1) is 14.5. The molecule has 5 heteroatoms. The van der Waals surface area contributed by atoms with Crippen LogP contribution in [0.1, 0.15) is 28.4 Å². The number of aromatic nitrogens is 1. The summed E-state index contributed by atoms with van der Waals surface area (Å²) in [6, 6.07) is 8.55. The van der Waals surface area contributed by atoms with Gasteiger partial charge in [-0.15, -0.1) is 0 Å². The average Bonchev–Trinajstić information content (AvgIpc) is 2.38. The van der Waals surface area contributed by atoms with Crippen molar-refractivity contribution >= 4 is 0 Å². The molecule has 20 heavy (non-hydrogen) atoms. The maximum Gasteiger partial charge on any atom is 0.416 e. The highest BCUT2D eigenvalue weighted by Crippen LogP contribution is 2.29. The van der Waals surface area contributed by atoms with Crippen LogP contribution in [0.4, 0.5) is 13.2 Å². The molecule has 0 aliphatic heterocycles. The predicted molar refractivity (Wildman–Crippen MR) is 71.1 cm³/mol. The summed E-state index contributed by atoms with van der Waals surface area (Å²) in [7, 11) is 0. The molecule has 1 heterocycles. The Morgan fingerprint density at radius 1 is 1.15 bits per heavy atom. The molecule has 0 saturated carbocycles. The standard InChI is InChI=1S/C15H15F3N2/c1-10-8-12(6-7-20-10)14(19)9-11-2-4-13(5-3-11)15(16,17)18/h2-8,14H,9,19H2,1H3. The highest BCUT2D eigenvalue weighted by Gasteiger charge is 2.29. The topological polar surface area (TPSA) is 38.9 Å². The normalized spacial score (nSPS) is 13.2. The van der Waals surface area contributed by atoms with Gasteiger partial charge in [-0.25, -0.2) is 0 Å². The molecule has 0 fully saturated rings. The first-order valence-corrected chi connectivity index (χ1v) is 6.20. The van der Waals surface area contributed by atoms with Crippen LogP contribution in [0.25, 0.3) is 0 Å². The second-order valence-electron chi connectivity index (χ2n) is 4.74. The van der Waals surface area contributed by atoms with Crippen LogP contribution in [0.2, 0.25) is 0 Å². The Bertz CT molecular complexity index is 576. The van der Waals surface area contributed by atoms with Crippen molar-refractivity contribution in [2.24, 2.45) is 5.73 Å². The van der Waals surface area contributed by atoms with E-state index in [-0.39, 0.29) is 6.04 Å². The third-order valence-electron chi connectivity index (χ3n) is 3.09. The van der Waals surface area contributed by atoms with Gasteiger partial charge in [0.05, 0.1) is 5.56 Å². The van der Waals surface area contributed by atoms with Gasteiger partial charge in [-0.3, -0.25) is 4.98 Å². The van der Waals surface area contributed by atoms with Gasteiger partial charge in [-0.05, 0) is 48.7 Å². The summed E-state index contributed by atoms with van der Waals surface area (Å²) < 4.78 is 37.4. The lowest BCUT2D eigenvalue weighted by atomic mass is 9.99. The van der Waals surface area contributed by atoms with Gasteiger partial charge >= 0.3 is 6.18 Å². The molecule has 0 amide bonds. The lowest BCUT2D eigenvalue weighted by molar-refractivity contribution is -0.137. The Balaban J connectivity index is 2.10. The van der Waals surface area contributed by atoms with Gasteiger partial charge in [-0.1, -0.05) is 12.1 Å². The van der Waals surface area contributed by atoms with Gasteiger partial charge in [-0.2, -0.15) is 13.2 Å². The molecule has 0 bridgehead atoms. The summed E-state index contributed by atoms with van der Waals surface area (Å²) in [5, 5.41) is 0. The summed E-state index contributed by atoms with van der Waals surface area (Å²) in [5.74, 6) is 0. The minimum absolute atomic E-state index is 0.256. The van der Waals surface area contributed by atoms with E-state index < -0.39 is 11.7 Å². The highest BCUT2D eigenvalue weighted by molar-refractivity contribution is 5.27. The van der Waals surface area contributed by atoms with Crippen molar-refractivity contribution in [3.8, 4) is 0 Å². The fraction of sp³-hybridized carbons (Fsp3) is 0.267. The Hall–Kier alpha value is -1.88. The minimum Gasteiger partial charge on any atom is -0.324 e. The van der Waals surface area contributed by atoms with Gasteiger partial charge in [0.2, 0.25) is 0 Å². The lowest BCUT2D eigenvalue weighted by Crippen LogP contribution is -2.14. The van der Waals surface area contributed by atoms with E-state index in [1.165, 1.54) is 12.1 Å². The van der Waals surface area contributed by atoms with Crippen molar-refractivity contribution < 1.29 is 13.2 Å². The zero-order valence-electron chi connectivity index (χ0n) is 11.0. The number of alkyl halides is 3. The molecule has 106 valence electrons. The summed E-state index contributed by atoms with van der Waals surface area (Å²) in [6.45, 7) is 1.87. The number of nitrogens with two attached hydrogens (primary N) is 1. The van der Waals surface area contributed by atoms with Gasteiger partial charge in [0, 0.05) is 17.9 Å². The summed E-state index contributed by atoms with van der Waals surface area (Å²) in [6.07, 6.45) is -2.14. The second kappa shape index (κ2) is 5.63. The van der Waals surface area contributed by atoms with E-state index in [9.17, 15) is 13.2 Å². The van der Waals surface area contributed by atoms with E-state index in [2.05, 4.69) is 4.98 Å². The predicted octanol–water partition coefficient (Wildman–Crippen LogP) is 3.65. The number of hydrogen-bond acceptors (Lipinski definition) is 2.